The second kappa shape index (κ2) is 7.25. The zero-order valence-electron chi connectivity index (χ0n) is 13.9. The Hall–Kier alpha value is -3.74. The minimum absolute atomic E-state index is 0.0655. The van der Waals surface area contributed by atoms with Gasteiger partial charge < -0.3 is 10.2 Å². The number of rotatable bonds is 5. The largest absolute Gasteiger partial charge is 0.871 e. The standard InChI is InChI=1S/C20H14FNO5/c21-15-6-4-12(5-7-15)8-13-9-17(19(23)18(10-13)20(24)25)14-2-1-3-16(11-14)22(26)27/h1-7,9-11,23H,8H2,(H,24,25)/p-1. The number of nitro groups is 1. The molecule has 3 aromatic rings. The van der Waals surface area contributed by atoms with Gasteiger partial charge in [0, 0.05) is 12.1 Å². The molecule has 1 N–H and O–H groups in total. The Bertz CT molecular complexity index is 1030. The number of carbonyl (C=O) groups is 1. The Balaban J connectivity index is 2.11. The lowest BCUT2D eigenvalue weighted by Crippen LogP contribution is -2.07. The van der Waals surface area contributed by atoms with Crippen molar-refractivity contribution < 1.29 is 24.3 Å². The van der Waals surface area contributed by atoms with Crippen LogP contribution in [0.3, 0.4) is 0 Å². The average molecular weight is 366 g/mol. The highest BCUT2D eigenvalue weighted by Crippen LogP contribution is 2.34. The van der Waals surface area contributed by atoms with Gasteiger partial charge in [-0.2, -0.15) is 0 Å². The number of nitrogens with zero attached hydrogens (tertiary/aromatic N) is 1. The van der Waals surface area contributed by atoms with Gasteiger partial charge in [-0.3, -0.25) is 10.1 Å². The summed E-state index contributed by atoms with van der Waals surface area (Å²) in [7, 11) is 0. The van der Waals surface area contributed by atoms with Crippen molar-refractivity contribution in [3.63, 3.8) is 0 Å². The maximum atomic E-state index is 13.1. The van der Waals surface area contributed by atoms with E-state index in [4.69, 9.17) is 0 Å². The monoisotopic (exact) mass is 366 g/mol. The van der Waals surface area contributed by atoms with Crippen LogP contribution in [0, 0.1) is 15.9 Å². The molecular weight excluding hydrogens is 353 g/mol. The third kappa shape index (κ3) is 3.92. The number of carboxylic acid groups (broad SMARTS) is 1. The highest BCUT2D eigenvalue weighted by molar-refractivity contribution is 5.94. The zero-order valence-corrected chi connectivity index (χ0v) is 13.9. The smallest absolute Gasteiger partial charge is 0.335 e. The van der Waals surface area contributed by atoms with Crippen LogP contribution in [0.1, 0.15) is 21.5 Å². The van der Waals surface area contributed by atoms with Gasteiger partial charge in [0.15, 0.2) is 0 Å². The first kappa shape index (κ1) is 18.1. The SMILES string of the molecule is O=C(O)c1cc(Cc2ccc(F)cc2)cc(-c2cccc([N+](=O)[O-])c2)c1[O-]. The van der Waals surface area contributed by atoms with E-state index in [1.54, 1.807) is 12.1 Å². The summed E-state index contributed by atoms with van der Waals surface area (Å²) in [6.45, 7) is 0. The predicted molar refractivity (Wildman–Crippen MR) is 94.1 cm³/mol. The van der Waals surface area contributed by atoms with Gasteiger partial charge >= 0.3 is 5.97 Å². The van der Waals surface area contributed by atoms with E-state index in [-0.39, 0.29) is 23.2 Å². The van der Waals surface area contributed by atoms with Crippen LogP contribution < -0.4 is 5.11 Å². The summed E-state index contributed by atoms with van der Waals surface area (Å²) in [4.78, 5) is 21.9. The van der Waals surface area contributed by atoms with Gasteiger partial charge in [0.2, 0.25) is 0 Å². The first-order valence-electron chi connectivity index (χ1n) is 7.91. The third-order valence-corrected chi connectivity index (χ3v) is 4.07. The van der Waals surface area contributed by atoms with E-state index in [1.807, 2.05) is 0 Å². The average Bonchev–Trinajstić information content (AvgIpc) is 2.64. The Labute approximate surface area is 153 Å². The van der Waals surface area contributed by atoms with Gasteiger partial charge in [-0.25, -0.2) is 9.18 Å². The molecule has 0 aliphatic heterocycles. The molecule has 3 aromatic carbocycles. The van der Waals surface area contributed by atoms with Gasteiger partial charge in [-0.15, -0.1) is 0 Å². The second-order valence-electron chi connectivity index (χ2n) is 5.94. The first-order chi connectivity index (χ1) is 12.8. The minimum atomic E-state index is -1.38. The summed E-state index contributed by atoms with van der Waals surface area (Å²) in [6, 6.07) is 13.9. The van der Waals surface area contributed by atoms with Crippen molar-refractivity contribution >= 4 is 11.7 Å². The van der Waals surface area contributed by atoms with Crippen molar-refractivity contribution in [2.75, 3.05) is 0 Å². The fourth-order valence-electron chi connectivity index (χ4n) is 2.79. The number of nitro benzene ring substituents is 1. The van der Waals surface area contributed by atoms with Crippen LogP contribution in [0.15, 0.2) is 60.7 Å². The van der Waals surface area contributed by atoms with Crippen LogP contribution in [-0.2, 0) is 6.42 Å². The Kier molecular flexibility index (Phi) is 4.85. The van der Waals surface area contributed by atoms with Crippen molar-refractivity contribution in [1.82, 2.24) is 0 Å². The van der Waals surface area contributed by atoms with Gasteiger partial charge in [-0.1, -0.05) is 36.1 Å². The van der Waals surface area contributed by atoms with Gasteiger partial charge in [-0.05, 0) is 46.9 Å². The van der Waals surface area contributed by atoms with E-state index in [2.05, 4.69) is 0 Å². The van der Waals surface area contributed by atoms with Gasteiger partial charge in [0.1, 0.15) is 5.82 Å². The van der Waals surface area contributed by atoms with Gasteiger partial charge in [0.05, 0.1) is 10.5 Å². The molecule has 136 valence electrons. The highest BCUT2D eigenvalue weighted by Gasteiger charge is 2.14. The lowest BCUT2D eigenvalue weighted by molar-refractivity contribution is -0.384. The highest BCUT2D eigenvalue weighted by atomic mass is 19.1. The number of benzene rings is 3. The van der Waals surface area contributed by atoms with Crippen LogP contribution in [0.2, 0.25) is 0 Å². The summed E-state index contributed by atoms with van der Waals surface area (Å²) in [5.41, 5.74) is 0.966. The number of aromatic carboxylic acids is 1. The van der Waals surface area contributed by atoms with E-state index in [1.165, 1.54) is 48.5 Å². The van der Waals surface area contributed by atoms with Crippen molar-refractivity contribution in [2.45, 2.75) is 6.42 Å². The lowest BCUT2D eigenvalue weighted by atomic mass is 9.95. The van der Waals surface area contributed by atoms with E-state index < -0.39 is 28.0 Å². The van der Waals surface area contributed by atoms with Crippen LogP contribution in [0.4, 0.5) is 10.1 Å². The Morgan fingerprint density at radius 1 is 1.04 bits per heavy atom. The molecule has 3 rings (SSSR count). The quantitative estimate of drug-likeness (QED) is 0.547. The summed E-state index contributed by atoms with van der Waals surface area (Å²) < 4.78 is 13.1. The van der Waals surface area contributed by atoms with Crippen LogP contribution in [-0.4, -0.2) is 16.0 Å². The van der Waals surface area contributed by atoms with Crippen LogP contribution in [0.5, 0.6) is 5.75 Å². The molecule has 27 heavy (non-hydrogen) atoms. The van der Waals surface area contributed by atoms with Crippen molar-refractivity contribution in [2.24, 2.45) is 0 Å². The number of hydrogen-bond donors (Lipinski definition) is 1. The molecular formula is C20H13FNO5-. The predicted octanol–water partition coefficient (Wildman–Crippen LogP) is 3.76. The summed E-state index contributed by atoms with van der Waals surface area (Å²) in [6.07, 6.45) is 0.281. The van der Waals surface area contributed by atoms with E-state index in [0.29, 0.717) is 5.56 Å². The molecule has 0 heterocycles. The van der Waals surface area contributed by atoms with Crippen LogP contribution >= 0.6 is 0 Å². The van der Waals surface area contributed by atoms with Crippen molar-refractivity contribution in [3.05, 3.63) is 93.3 Å². The normalized spacial score (nSPS) is 10.6. The molecule has 0 bridgehead atoms. The molecule has 0 saturated carbocycles. The molecule has 0 spiro atoms. The molecule has 0 radical (unpaired) electrons. The van der Waals surface area contributed by atoms with E-state index in [9.17, 15) is 29.5 Å². The minimum Gasteiger partial charge on any atom is -0.871 e. The fourth-order valence-corrected chi connectivity index (χ4v) is 2.79. The van der Waals surface area contributed by atoms with E-state index in [0.717, 1.165) is 5.56 Å². The van der Waals surface area contributed by atoms with Crippen molar-refractivity contribution in [3.8, 4) is 16.9 Å². The number of hydrogen-bond acceptors (Lipinski definition) is 4. The third-order valence-electron chi connectivity index (χ3n) is 4.07. The topological polar surface area (TPSA) is 104 Å². The molecule has 6 nitrogen and oxygen atoms in total. The number of non-ortho nitro benzene ring substituents is 1. The molecule has 0 atom stereocenters. The molecule has 0 amide bonds. The maximum absolute atomic E-state index is 13.1. The van der Waals surface area contributed by atoms with E-state index >= 15 is 0 Å². The summed E-state index contributed by atoms with van der Waals surface area (Å²) in [5, 5.41) is 32.9. The van der Waals surface area contributed by atoms with Crippen molar-refractivity contribution in [1.29, 1.82) is 0 Å². The summed E-state index contributed by atoms with van der Waals surface area (Å²) >= 11 is 0. The summed E-state index contributed by atoms with van der Waals surface area (Å²) in [5.74, 6) is -2.49. The molecule has 0 aliphatic rings. The molecule has 0 saturated heterocycles. The molecule has 0 aromatic heterocycles. The second-order valence-corrected chi connectivity index (χ2v) is 5.94. The lowest BCUT2D eigenvalue weighted by Gasteiger charge is -2.19. The fraction of sp³-hybridized carbons (Fsp3) is 0.0500. The first-order valence-corrected chi connectivity index (χ1v) is 7.91. The Morgan fingerprint density at radius 2 is 1.74 bits per heavy atom. The Morgan fingerprint density at radius 3 is 2.37 bits per heavy atom. The number of carboxylic acids is 1. The van der Waals surface area contributed by atoms with Crippen LogP contribution in [0.25, 0.3) is 11.1 Å². The molecule has 0 fully saturated rings. The molecule has 0 aliphatic carbocycles. The molecule has 7 heteroatoms. The maximum Gasteiger partial charge on any atom is 0.335 e. The number of halogens is 1. The molecule has 0 unspecified atom stereocenters. The van der Waals surface area contributed by atoms with Gasteiger partial charge in [0.25, 0.3) is 5.69 Å². The zero-order chi connectivity index (χ0) is 19.6.